The third-order valence-electron chi connectivity index (χ3n) is 2.22. The first-order valence-electron chi connectivity index (χ1n) is 5.16. The average molecular weight is 273 g/mol. The molecular formula is C12H10F3NO3. The number of hydrogen-bond acceptors (Lipinski definition) is 3. The first kappa shape index (κ1) is 14.8. The monoisotopic (exact) mass is 273 g/mol. The number of rotatable bonds is 3. The van der Waals surface area contributed by atoms with Crippen molar-refractivity contribution in [3.05, 3.63) is 33.4 Å². The van der Waals surface area contributed by atoms with Crippen LogP contribution in [0.1, 0.15) is 11.1 Å². The fourth-order valence-electron chi connectivity index (χ4n) is 1.38. The summed E-state index contributed by atoms with van der Waals surface area (Å²) in [5, 5.41) is 10.7. The van der Waals surface area contributed by atoms with E-state index >= 15 is 0 Å². The predicted octanol–water partition coefficient (Wildman–Crippen LogP) is 3.16. The molecule has 0 heterocycles. The Morgan fingerprint density at radius 2 is 1.95 bits per heavy atom. The summed E-state index contributed by atoms with van der Waals surface area (Å²) in [4.78, 5) is 10.1. The number of hydrogen-bond donors (Lipinski definition) is 0. The number of aryl methyl sites for hydroxylation is 2. The van der Waals surface area contributed by atoms with Crippen molar-refractivity contribution in [2.45, 2.75) is 20.0 Å². The lowest BCUT2D eigenvalue weighted by molar-refractivity contribution is -0.385. The lowest BCUT2D eigenvalue weighted by Crippen LogP contribution is -2.04. The Balaban J connectivity index is 2.83. The van der Waals surface area contributed by atoms with Crippen molar-refractivity contribution in [3.63, 3.8) is 0 Å². The van der Waals surface area contributed by atoms with Crippen LogP contribution in [0.15, 0.2) is 12.1 Å². The average Bonchev–Trinajstić information content (AvgIpc) is 2.26. The largest absolute Gasteiger partial charge is 0.481 e. The summed E-state index contributed by atoms with van der Waals surface area (Å²) < 4.78 is 40.3. The van der Waals surface area contributed by atoms with Crippen LogP contribution in [0.5, 0.6) is 5.75 Å². The molecule has 1 aromatic carbocycles. The van der Waals surface area contributed by atoms with Gasteiger partial charge in [-0.3, -0.25) is 10.1 Å². The van der Waals surface area contributed by atoms with E-state index in [1.807, 2.05) is 5.92 Å². The highest BCUT2D eigenvalue weighted by Gasteiger charge is 2.22. The number of nitrogens with zero attached hydrogens (tertiary/aromatic N) is 1. The maximum Gasteiger partial charge on any atom is 0.457 e. The molecule has 102 valence electrons. The van der Waals surface area contributed by atoms with Crippen LogP contribution in [0.25, 0.3) is 0 Å². The molecule has 0 spiro atoms. The lowest BCUT2D eigenvalue weighted by atomic mass is 10.1. The summed E-state index contributed by atoms with van der Waals surface area (Å²) >= 11 is 0. The Morgan fingerprint density at radius 1 is 1.32 bits per heavy atom. The number of halogens is 3. The number of nitro benzene ring substituents is 1. The summed E-state index contributed by atoms with van der Waals surface area (Å²) in [6.45, 7) is 2.66. The Morgan fingerprint density at radius 3 is 2.47 bits per heavy atom. The van der Waals surface area contributed by atoms with Gasteiger partial charge in [0.15, 0.2) is 0 Å². The molecule has 0 bridgehead atoms. The van der Waals surface area contributed by atoms with E-state index in [4.69, 9.17) is 4.74 Å². The number of benzene rings is 1. The second-order valence-electron chi connectivity index (χ2n) is 3.75. The van der Waals surface area contributed by atoms with Crippen molar-refractivity contribution in [3.8, 4) is 17.6 Å². The molecule has 7 heteroatoms. The van der Waals surface area contributed by atoms with E-state index in [0.717, 1.165) is 5.92 Å². The summed E-state index contributed by atoms with van der Waals surface area (Å²) in [6, 6.07) is 2.71. The minimum absolute atomic E-state index is 0.0637. The van der Waals surface area contributed by atoms with E-state index in [0.29, 0.717) is 11.1 Å². The Labute approximate surface area is 107 Å². The molecule has 0 saturated heterocycles. The third-order valence-corrected chi connectivity index (χ3v) is 2.22. The fraction of sp³-hybridized carbons (Fsp3) is 0.333. The van der Waals surface area contributed by atoms with Gasteiger partial charge in [0.2, 0.25) is 0 Å². The van der Waals surface area contributed by atoms with E-state index in [2.05, 4.69) is 0 Å². The summed E-state index contributed by atoms with van der Waals surface area (Å²) in [7, 11) is 0. The second kappa shape index (κ2) is 5.61. The Kier molecular flexibility index (Phi) is 4.38. The van der Waals surface area contributed by atoms with E-state index < -0.39 is 17.7 Å². The van der Waals surface area contributed by atoms with Crippen molar-refractivity contribution in [2.24, 2.45) is 0 Å². The van der Waals surface area contributed by atoms with Gasteiger partial charge in [0.05, 0.1) is 4.92 Å². The molecule has 0 N–H and O–H groups in total. The quantitative estimate of drug-likeness (QED) is 0.483. The summed E-state index contributed by atoms with van der Waals surface area (Å²) in [5.41, 5.74) is 0.770. The minimum atomic E-state index is -4.55. The van der Waals surface area contributed by atoms with Crippen LogP contribution in [0.2, 0.25) is 0 Å². The van der Waals surface area contributed by atoms with Gasteiger partial charge < -0.3 is 4.74 Å². The molecule has 0 aliphatic heterocycles. The van der Waals surface area contributed by atoms with Gasteiger partial charge in [0.25, 0.3) is 5.69 Å². The van der Waals surface area contributed by atoms with Gasteiger partial charge in [-0.25, -0.2) is 0 Å². The SMILES string of the molecule is Cc1cc([N+](=O)[O-])c(C)cc1OCC#CC(F)(F)F. The van der Waals surface area contributed by atoms with E-state index in [1.54, 1.807) is 6.92 Å². The van der Waals surface area contributed by atoms with Crippen LogP contribution in [0.3, 0.4) is 0 Å². The molecule has 0 saturated carbocycles. The van der Waals surface area contributed by atoms with Crippen molar-refractivity contribution in [1.29, 1.82) is 0 Å². The Hall–Kier alpha value is -2.23. The zero-order valence-electron chi connectivity index (χ0n) is 10.2. The Bertz CT molecular complexity index is 556. The lowest BCUT2D eigenvalue weighted by Gasteiger charge is -2.07. The van der Waals surface area contributed by atoms with Crippen molar-refractivity contribution >= 4 is 5.69 Å². The molecule has 1 rings (SSSR count). The van der Waals surface area contributed by atoms with E-state index in [1.165, 1.54) is 19.1 Å². The third kappa shape index (κ3) is 4.50. The van der Waals surface area contributed by atoms with Gasteiger partial charge in [-0.05, 0) is 25.5 Å². The molecule has 0 fully saturated rings. The standard InChI is InChI=1S/C12H10F3NO3/c1-8-7-11(9(2)6-10(8)16(17)18)19-5-3-4-12(13,14)15/h6-7H,5H2,1-2H3. The first-order chi connectivity index (χ1) is 8.70. The summed E-state index contributed by atoms with van der Waals surface area (Å²) in [6.07, 6.45) is -4.55. The number of nitro groups is 1. The van der Waals surface area contributed by atoms with Crippen LogP contribution < -0.4 is 4.74 Å². The highest BCUT2D eigenvalue weighted by atomic mass is 19.4. The molecule has 4 nitrogen and oxygen atoms in total. The van der Waals surface area contributed by atoms with Crippen LogP contribution in [0.4, 0.5) is 18.9 Å². The molecule has 0 aromatic heterocycles. The smallest absolute Gasteiger partial charge is 0.457 e. The van der Waals surface area contributed by atoms with Gasteiger partial charge in [-0.15, -0.1) is 0 Å². The van der Waals surface area contributed by atoms with E-state index in [9.17, 15) is 23.3 Å². The molecule has 0 atom stereocenters. The predicted molar refractivity (Wildman–Crippen MR) is 61.9 cm³/mol. The molecule has 0 radical (unpaired) electrons. The van der Waals surface area contributed by atoms with Crippen LogP contribution in [0, 0.1) is 35.8 Å². The number of alkyl halides is 3. The molecule has 0 unspecified atom stereocenters. The first-order valence-corrected chi connectivity index (χ1v) is 5.16. The van der Waals surface area contributed by atoms with Crippen molar-refractivity contribution in [1.82, 2.24) is 0 Å². The van der Waals surface area contributed by atoms with Crippen molar-refractivity contribution in [2.75, 3.05) is 6.61 Å². The minimum Gasteiger partial charge on any atom is -0.481 e. The molecule has 0 aliphatic carbocycles. The maximum absolute atomic E-state index is 11.8. The van der Waals surface area contributed by atoms with Crippen LogP contribution in [-0.4, -0.2) is 17.7 Å². The maximum atomic E-state index is 11.8. The van der Waals surface area contributed by atoms with Crippen LogP contribution in [-0.2, 0) is 0 Å². The number of ether oxygens (including phenoxy) is 1. The molecule has 0 aliphatic rings. The normalized spacial score (nSPS) is 10.6. The second-order valence-corrected chi connectivity index (χ2v) is 3.75. The zero-order valence-corrected chi connectivity index (χ0v) is 10.2. The van der Waals surface area contributed by atoms with Gasteiger partial charge in [0.1, 0.15) is 12.4 Å². The molecular weight excluding hydrogens is 263 g/mol. The van der Waals surface area contributed by atoms with E-state index in [-0.39, 0.29) is 11.4 Å². The van der Waals surface area contributed by atoms with Gasteiger partial charge in [0, 0.05) is 17.6 Å². The molecule has 0 amide bonds. The highest BCUT2D eigenvalue weighted by molar-refractivity contribution is 5.49. The topological polar surface area (TPSA) is 52.4 Å². The van der Waals surface area contributed by atoms with Gasteiger partial charge >= 0.3 is 6.18 Å². The zero-order chi connectivity index (χ0) is 14.6. The highest BCUT2D eigenvalue weighted by Crippen LogP contribution is 2.27. The fourth-order valence-corrected chi connectivity index (χ4v) is 1.38. The van der Waals surface area contributed by atoms with Crippen LogP contribution >= 0.6 is 0 Å². The molecule has 19 heavy (non-hydrogen) atoms. The van der Waals surface area contributed by atoms with Gasteiger partial charge in [-0.1, -0.05) is 5.92 Å². The van der Waals surface area contributed by atoms with Crippen molar-refractivity contribution < 1.29 is 22.8 Å². The summed E-state index contributed by atoms with van der Waals surface area (Å²) in [5.74, 6) is 3.18. The van der Waals surface area contributed by atoms with Gasteiger partial charge in [-0.2, -0.15) is 13.2 Å². The molecule has 1 aromatic rings.